The summed E-state index contributed by atoms with van der Waals surface area (Å²) in [6.07, 6.45) is 0. The molecule has 0 aromatic heterocycles. The first kappa shape index (κ1) is 14.5. The standard InChI is InChI=1S/C22H17NO/c23-20-19(16-10-4-1-5-11-16)21(24)22(20,17-12-6-2-7-13-17)18-14-8-3-9-15-18/h1-15H,23H2. The molecule has 0 heterocycles. The predicted octanol–water partition coefficient (Wildman–Crippen LogP) is 3.93. The molecule has 0 radical (unpaired) electrons. The molecular formula is C22H17NO. The van der Waals surface area contributed by atoms with E-state index in [1.165, 1.54) is 0 Å². The minimum absolute atomic E-state index is 0.0589. The summed E-state index contributed by atoms with van der Waals surface area (Å²) in [7, 11) is 0. The van der Waals surface area contributed by atoms with Crippen molar-refractivity contribution in [2.45, 2.75) is 5.41 Å². The van der Waals surface area contributed by atoms with Crippen LogP contribution in [0.1, 0.15) is 16.7 Å². The van der Waals surface area contributed by atoms with Crippen molar-refractivity contribution in [3.63, 3.8) is 0 Å². The van der Waals surface area contributed by atoms with Gasteiger partial charge in [-0.3, -0.25) is 4.79 Å². The van der Waals surface area contributed by atoms with Gasteiger partial charge >= 0.3 is 0 Å². The topological polar surface area (TPSA) is 43.1 Å². The lowest BCUT2D eigenvalue weighted by Crippen LogP contribution is -2.51. The maximum absolute atomic E-state index is 13.4. The van der Waals surface area contributed by atoms with Gasteiger partial charge in [0, 0.05) is 11.3 Å². The van der Waals surface area contributed by atoms with E-state index < -0.39 is 5.41 Å². The summed E-state index contributed by atoms with van der Waals surface area (Å²) in [5.41, 5.74) is 9.62. The average Bonchev–Trinajstić information content (AvgIpc) is 2.65. The van der Waals surface area contributed by atoms with Crippen LogP contribution in [0.25, 0.3) is 5.57 Å². The number of carbonyl (C=O) groups is 1. The normalized spacial score (nSPS) is 15.9. The third-order valence-corrected chi connectivity index (χ3v) is 4.72. The second kappa shape index (κ2) is 5.50. The van der Waals surface area contributed by atoms with Gasteiger partial charge in [-0.1, -0.05) is 91.0 Å². The number of Topliss-reactive ketones (excluding diaryl/α,β-unsaturated/α-hetero) is 1. The van der Waals surface area contributed by atoms with E-state index in [0.29, 0.717) is 11.3 Å². The summed E-state index contributed by atoms with van der Waals surface area (Å²) in [6.45, 7) is 0. The highest BCUT2D eigenvalue weighted by Gasteiger charge is 2.55. The van der Waals surface area contributed by atoms with Gasteiger partial charge in [-0.2, -0.15) is 0 Å². The van der Waals surface area contributed by atoms with Gasteiger partial charge in [-0.25, -0.2) is 0 Å². The summed E-state index contributed by atoms with van der Waals surface area (Å²) >= 11 is 0. The number of benzene rings is 3. The second-order valence-electron chi connectivity index (χ2n) is 5.97. The highest BCUT2D eigenvalue weighted by atomic mass is 16.1. The molecule has 0 atom stereocenters. The number of ketones is 1. The third kappa shape index (κ3) is 1.86. The van der Waals surface area contributed by atoms with Crippen LogP contribution in [0.3, 0.4) is 0 Å². The summed E-state index contributed by atoms with van der Waals surface area (Å²) in [5.74, 6) is 0.0589. The number of hydrogen-bond acceptors (Lipinski definition) is 2. The van der Waals surface area contributed by atoms with Gasteiger partial charge in [0.05, 0.1) is 0 Å². The van der Waals surface area contributed by atoms with Crippen LogP contribution >= 0.6 is 0 Å². The molecule has 3 aromatic rings. The summed E-state index contributed by atoms with van der Waals surface area (Å²) in [6, 6.07) is 29.2. The lowest BCUT2D eigenvalue weighted by molar-refractivity contribution is -0.118. The fourth-order valence-electron chi connectivity index (χ4n) is 3.56. The Morgan fingerprint density at radius 2 is 1.04 bits per heavy atom. The minimum atomic E-state index is -0.881. The van der Waals surface area contributed by atoms with Gasteiger partial charge in [0.2, 0.25) is 0 Å². The van der Waals surface area contributed by atoms with Crippen LogP contribution in [0.5, 0.6) is 0 Å². The Morgan fingerprint density at radius 1 is 0.625 bits per heavy atom. The molecule has 1 aliphatic rings. The Balaban J connectivity index is 1.98. The first-order valence-electron chi connectivity index (χ1n) is 7.97. The smallest absolute Gasteiger partial charge is 0.186 e. The van der Waals surface area contributed by atoms with Gasteiger partial charge in [-0.05, 0) is 16.7 Å². The van der Waals surface area contributed by atoms with Gasteiger partial charge in [-0.15, -0.1) is 0 Å². The van der Waals surface area contributed by atoms with E-state index in [4.69, 9.17) is 5.73 Å². The number of rotatable bonds is 3. The number of nitrogens with two attached hydrogens (primary N) is 1. The Morgan fingerprint density at radius 3 is 1.46 bits per heavy atom. The minimum Gasteiger partial charge on any atom is -0.400 e. The quantitative estimate of drug-likeness (QED) is 0.796. The predicted molar refractivity (Wildman–Crippen MR) is 96.2 cm³/mol. The van der Waals surface area contributed by atoms with E-state index in [0.717, 1.165) is 16.7 Å². The van der Waals surface area contributed by atoms with Gasteiger partial charge in [0.1, 0.15) is 5.41 Å². The molecule has 0 unspecified atom stereocenters. The molecule has 116 valence electrons. The molecule has 0 bridgehead atoms. The molecule has 1 aliphatic carbocycles. The van der Waals surface area contributed by atoms with Crippen molar-refractivity contribution in [1.82, 2.24) is 0 Å². The average molecular weight is 311 g/mol. The zero-order valence-electron chi connectivity index (χ0n) is 13.1. The lowest BCUT2D eigenvalue weighted by Gasteiger charge is -2.43. The van der Waals surface area contributed by atoms with Gasteiger partial charge < -0.3 is 5.73 Å². The number of allylic oxidation sites excluding steroid dienone is 2. The maximum atomic E-state index is 13.4. The van der Waals surface area contributed by atoms with Gasteiger partial charge in [0.15, 0.2) is 5.78 Å². The molecule has 0 spiro atoms. The molecule has 2 heteroatoms. The molecule has 0 aliphatic heterocycles. The van der Waals surface area contributed by atoms with E-state index in [-0.39, 0.29) is 5.78 Å². The Kier molecular flexibility index (Phi) is 3.31. The molecular weight excluding hydrogens is 294 g/mol. The fourth-order valence-corrected chi connectivity index (χ4v) is 3.56. The maximum Gasteiger partial charge on any atom is 0.186 e. The Bertz CT molecular complexity index is 872. The molecule has 0 amide bonds. The zero-order chi connectivity index (χ0) is 16.6. The van der Waals surface area contributed by atoms with E-state index in [1.807, 2.05) is 91.0 Å². The first-order chi connectivity index (χ1) is 11.8. The molecule has 0 saturated carbocycles. The van der Waals surface area contributed by atoms with E-state index >= 15 is 0 Å². The van der Waals surface area contributed by atoms with Crippen molar-refractivity contribution in [2.75, 3.05) is 0 Å². The van der Waals surface area contributed by atoms with Crippen molar-refractivity contribution in [1.29, 1.82) is 0 Å². The molecule has 0 fully saturated rings. The number of hydrogen-bond donors (Lipinski definition) is 1. The van der Waals surface area contributed by atoms with Crippen molar-refractivity contribution in [2.24, 2.45) is 5.73 Å². The zero-order valence-corrected chi connectivity index (χ0v) is 13.1. The fraction of sp³-hybridized carbons (Fsp3) is 0.0455. The van der Waals surface area contributed by atoms with E-state index in [2.05, 4.69) is 0 Å². The molecule has 24 heavy (non-hydrogen) atoms. The summed E-state index contributed by atoms with van der Waals surface area (Å²) < 4.78 is 0. The monoisotopic (exact) mass is 311 g/mol. The molecule has 2 nitrogen and oxygen atoms in total. The summed E-state index contributed by atoms with van der Waals surface area (Å²) in [5, 5.41) is 0. The van der Waals surface area contributed by atoms with Crippen molar-refractivity contribution in [3.8, 4) is 0 Å². The molecule has 0 saturated heterocycles. The van der Waals surface area contributed by atoms with Crippen molar-refractivity contribution in [3.05, 3.63) is 113 Å². The van der Waals surface area contributed by atoms with Crippen LogP contribution in [0.2, 0.25) is 0 Å². The molecule has 3 aromatic carbocycles. The first-order valence-corrected chi connectivity index (χ1v) is 7.97. The van der Waals surface area contributed by atoms with Crippen LogP contribution in [-0.4, -0.2) is 5.78 Å². The largest absolute Gasteiger partial charge is 0.400 e. The van der Waals surface area contributed by atoms with Crippen LogP contribution < -0.4 is 5.73 Å². The van der Waals surface area contributed by atoms with Crippen LogP contribution in [0.4, 0.5) is 0 Å². The highest BCUT2D eigenvalue weighted by Crippen LogP contribution is 2.51. The lowest BCUT2D eigenvalue weighted by atomic mass is 9.58. The molecule has 4 rings (SSSR count). The summed E-state index contributed by atoms with van der Waals surface area (Å²) in [4.78, 5) is 13.4. The van der Waals surface area contributed by atoms with Crippen LogP contribution in [0, 0.1) is 0 Å². The Hall–Kier alpha value is -3.13. The second-order valence-corrected chi connectivity index (χ2v) is 5.97. The van der Waals surface area contributed by atoms with Crippen LogP contribution in [0.15, 0.2) is 96.7 Å². The SMILES string of the molecule is NC1=C(c2ccccc2)C(=O)C1(c1ccccc1)c1ccccc1. The van der Waals surface area contributed by atoms with E-state index in [9.17, 15) is 4.79 Å². The number of carbonyl (C=O) groups excluding carboxylic acids is 1. The Labute approximate surface area is 141 Å². The third-order valence-electron chi connectivity index (χ3n) is 4.72. The van der Waals surface area contributed by atoms with E-state index in [1.54, 1.807) is 0 Å². The van der Waals surface area contributed by atoms with Crippen molar-refractivity contribution >= 4 is 11.4 Å². The van der Waals surface area contributed by atoms with Gasteiger partial charge in [0.25, 0.3) is 0 Å². The molecule has 2 N–H and O–H groups in total. The highest BCUT2D eigenvalue weighted by molar-refractivity contribution is 6.36. The van der Waals surface area contributed by atoms with Crippen molar-refractivity contribution < 1.29 is 4.79 Å². The van der Waals surface area contributed by atoms with Crippen LogP contribution in [-0.2, 0) is 10.2 Å².